The largest absolute Gasteiger partial charge is 0.480 e. The molecule has 18 nitrogen and oxygen atoms in total. The highest BCUT2D eigenvalue weighted by Gasteiger charge is 2.24. The molecule has 0 unspecified atom stereocenters. The average Bonchev–Trinajstić information content (AvgIpc) is 3.08. The fourth-order valence-electron chi connectivity index (χ4n) is 4.21. The normalized spacial score (nSPS) is 12.0. The molecule has 0 aliphatic heterocycles. The molecule has 0 aliphatic carbocycles. The molecule has 0 fully saturated rings. The molecule has 2 atom stereocenters. The van der Waals surface area contributed by atoms with Crippen LogP contribution in [-0.2, 0) is 20.9 Å². The molecule has 1 aromatic carbocycles. The summed E-state index contributed by atoms with van der Waals surface area (Å²) >= 11 is 0. The number of fused-ring (bicyclic) bond motifs is 1. The van der Waals surface area contributed by atoms with Gasteiger partial charge in [0.25, 0.3) is 5.91 Å². The molecule has 0 bridgehead atoms. The van der Waals surface area contributed by atoms with Gasteiger partial charge in [-0.15, -0.1) is 0 Å². The number of H-pyrrole nitrogens is 1. The zero-order chi connectivity index (χ0) is 35.5. The van der Waals surface area contributed by atoms with E-state index < -0.39 is 34.9 Å². The number of allylic oxidation sites excluding steroid dienone is 1. The minimum absolute atomic E-state index is 0.0137. The maximum absolute atomic E-state index is 12.9. The van der Waals surface area contributed by atoms with Crippen molar-refractivity contribution in [3.8, 4) is 0 Å². The second-order valence-electron chi connectivity index (χ2n) is 10.1. The molecule has 256 valence electrons. The number of esters is 1. The number of carboxylic acids is 1. The van der Waals surface area contributed by atoms with E-state index >= 15 is 0 Å². The van der Waals surface area contributed by atoms with Gasteiger partial charge < -0.3 is 36.5 Å². The number of amides is 1. The van der Waals surface area contributed by atoms with Crippen LogP contribution in [0.3, 0.4) is 0 Å². The lowest BCUT2D eigenvalue weighted by atomic mass is 10.1. The van der Waals surface area contributed by atoms with E-state index in [4.69, 9.17) is 15.9 Å². The quantitative estimate of drug-likeness (QED) is 0.0359. The third kappa shape index (κ3) is 10.1. The third-order valence-corrected chi connectivity index (χ3v) is 8.96. The van der Waals surface area contributed by atoms with E-state index in [1.54, 1.807) is 12.1 Å². The number of aliphatic carboxylic acids is 1. The summed E-state index contributed by atoms with van der Waals surface area (Å²) in [5.41, 5.74) is 7.68. The van der Waals surface area contributed by atoms with Gasteiger partial charge in [0.2, 0.25) is 5.95 Å². The Morgan fingerprint density at radius 3 is 2.61 bits per heavy atom. The number of nitro groups is 1. The molecule has 0 saturated heterocycles. The van der Waals surface area contributed by atoms with Gasteiger partial charge in [-0.1, -0.05) is 17.4 Å². The molecule has 20 heteroatoms. The summed E-state index contributed by atoms with van der Waals surface area (Å²) < 4.78 is 4.85. The molecule has 0 spiro atoms. The smallest absolute Gasteiger partial charge is 0.329 e. The Morgan fingerprint density at radius 2 is 1.92 bits per heavy atom. The van der Waals surface area contributed by atoms with Crippen molar-refractivity contribution in [3.05, 3.63) is 87.9 Å². The molecule has 0 radical (unpaired) electrons. The van der Waals surface area contributed by atoms with Gasteiger partial charge in [0.05, 0.1) is 30.5 Å². The second kappa shape index (κ2) is 16.9. The molecule has 0 aliphatic rings. The number of aromatic amines is 1. The van der Waals surface area contributed by atoms with E-state index in [1.165, 1.54) is 43.8 Å². The van der Waals surface area contributed by atoms with E-state index in [1.807, 2.05) is 0 Å². The Balaban J connectivity index is 1.27. The van der Waals surface area contributed by atoms with Gasteiger partial charge in [0, 0.05) is 35.0 Å². The number of nitrogens with zero attached hydrogens (tertiary/aromatic N) is 5. The highest BCUT2D eigenvalue weighted by molar-refractivity contribution is 8.76. The van der Waals surface area contributed by atoms with Gasteiger partial charge >= 0.3 is 17.6 Å². The number of benzene rings is 1. The summed E-state index contributed by atoms with van der Waals surface area (Å²) in [7, 11) is 3.38. The number of carbonyl (C=O) groups excluding carboxylic acids is 2. The van der Waals surface area contributed by atoms with Crippen LogP contribution < -0.4 is 27.2 Å². The Morgan fingerprint density at radius 1 is 1.16 bits per heavy atom. The number of anilines is 2. The molecule has 3 aromatic heterocycles. The zero-order valence-corrected chi connectivity index (χ0v) is 27.5. The summed E-state index contributed by atoms with van der Waals surface area (Å²) in [6, 6.07) is 6.98. The first-order valence-electron chi connectivity index (χ1n) is 14.3. The first-order chi connectivity index (χ1) is 23.4. The van der Waals surface area contributed by atoms with Crippen molar-refractivity contribution >= 4 is 67.9 Å². The number of ether oxygens (including phenoxy) is 1. The highest BCUT2D eigenvalue weighted by atomic mass is 33.1. The molecule has 8 N–H and O–H groups in total. The summed E-state index contributed by atoms with van der Waals surface area (Å²) in [4.78, 5) is 67.1. The number of methoxy groups -OCH3 is 1. The first-order valence-corrected chi connectivity index (χ1v) is 16.6. The molecule has 4 aromatic rings. The van der Waals surface area contributed by atoms with E-state index in [2.05, 4.69) is 47.4 Å². The predicted molar refractivity (Wildman–Crippen MR) is 181 cm³/mol. The zero-order valence-electron chi connectivity index (χ0n) is 25.8. The highest BCUT2D eigenvalue weighted by Crippen LogP contribution is 2.35. The van der Waals surface area contributed by atoms with Crippen LogP contribution >= 0.6 is 21.6 Å². The van der Waals surface area contributed by atoms with Crippen LogP contribution in [-0.4, -0.2) is 77.7 Å². The van der Waals surface area contributed by atoms with Crippen LogP contribution in [0.15, 0.2) is 66.1 Å². The lowest BCUT2D eigenvalue weighted by molar-refractivity contribution is -0.388. The van der Waals surface area contributed by atoms with Gasteiger partial charge in [-0.05, 0) is 54.0 Å². The van der Waals surface area contributed by atoms with Crippen molar-refractivity contribution in [2.24, 2.45) is 0 Å². The third-order valence-electron chi connectivity index (χ3n) is 6.66. The average molecular weight is 710 g/mol. The van der Waals surface area contributed by atoms with Crippen LogP contribution in [0.4, 0.5) is 17.3 Å². The Labute approximate surface area is 285 Å². The van der Waals surface area contributed by atoms with Gasteiger partial charge in [-0.25, -0.2) is 24.5 Å². The monoisotopic (exact) mass is 709 g/mol. The minimum Gasteiger partial charge on any atom is -0.480 e. The predicted octanol–water partition coefficient (Wildman–Crippen LogP) is 2.38. The number of nitrogens with two attached hydrogens (primary N) is 1. The maximum Gasteiger partial charge on any atom is 0.329 e. The van der Waals surface area contributed by atoms with E-state index in [0.717, 1.165) is 21.6 Å². The van der Waals surface area contributed by atoms with E-state index in [0.29, 0.717) is 17.1 Å². The number of hydrogen-bond acceptors (Lipinski definition) is 16. The van der Waals surface area contributed by atoms with Gasteiger partial charge in [0.15, 0.2) is 21.7 Å². The lowest BCUT2D eigenvalue weighted by Gasteiger charge is -2.20. The SMILES string of the molecule is C=C(CC[C@H](NC(=O)c1ccc(NCc2cnc3nc(N)[nH]c(=N)c3n2)cc1)C(=O)O)N[C@@H](CSSc1ncccc1[N+](=O)[O-])C(=O)OC. The molecule has 0 saturated carbocycles. The number of rotatable bonds is 17. The maximum atomic E-state index is 12.9. The number of nitrogen functional groups attached to an aromatic ring is 1. The van der Waals surface area contributed by atoms with Crippen molar-refractivity contribution < 1.29 is 29.2 Å². The summed E-state index contributed by atoms with van der Waals surface area (Å²) in [6.07, 6.45) is 2.99. The number of pyridine rings is 1. The molecule has 4 rings (SSSR count). The lowest BCUT2D eigenvalue weighted by Crippen LogP contribution is -2.42. The van der Waals surface area contributed by atoms with Crippen molar-refractivity contribution in [1.82, 2.24) is 35.6 Å². The number of carboxylic acid groups (broad SMARTS) is 1. The summed E-state index contributed by atoms with van der Waals surface area (Å²) in [6.45, 7) is 4.14. The van der Waals surface area contributed by atoms with Crippen LogP contribution in [0.25, 0.3) is 11.2 Å². The van der Waals surface area contributed by atoms with Crippen LogP contribution in [0.1, 0.15) is 28.9 Å². The fraction of sp³-hybridized carbons (Fsp3) is 0.241. The first kappa shape index (κ1) is 36.1. The van der Waals surface area contributed by atoms with Crippen molar-refractivity contribution in [1.29, 1.82) is 5.41 Å². The number of aromatic nitrogens is 5. The number of hydrogen-bond donors (Lipinski definition) is 7. The van der Waals surface area contributed by atoms with E-state index in [9.17, 15) is 29.6 Å². The minimum atomic E-state index is -1.26. The second-order valence-corrected chi connectivity index (χ2v) is 12.5. The van der Waals surface area contributed by atoms with Gasteiger partial charge in [-0.3, -0.25) is 20.3 Å². The van der Waals surface area contributed by atoms with Crippen molar-refractivity contribution in [2.45, 2.75) is 36.5 Å². The summed E-state index contributed by atoms with van der Waals surface area (Å²) in [5, 5.41) is 37.7. The Kier molecular flexibility index (Phi) is 12.4. The molecule has 1 amide bonds. The topological polar surface area (TPSA) is 277 Å². The molecule has 49 heavy (non-hydrogen) atoms. The van der Waals surface area contributed by atoms with E-state index in [-0.39, 0.29) is 64.0 Å². The van der Waals surface area contributed by atoms with Crippen LogP contribution in [0, 0.1) is 15.5 Å². The van der Waals surface area contributed by atoms with Gasteiger partial charge in [-0.2, -0.15) is 4.98 Å². The fourth-order valence-corrected chi connectivity index (χ4v) is 6.41. The molecular weight excluding hydrogens is 679 g/mol. The number of carbonyl (C=O) groups is 3. The Hall–Kier alpha value is -5.76. The van der Waals surface area contributed by atoms with Crippen molar-refractivity contribution in [2.75, 3.05) is 23.9 Å². The Bertz CT molecular complexity index is 1930. The standard InChI is InChI=1S/C29H31N11O7S2/c1-15(35-20(28(44)47-2)14-48-49-26-21(40(45)46)4-3-11-32-26)5-10-19(27(42)43)37-25(41)16-6-8-17(9-7-16)33-12-18-13-34-24-22(36-18)23(30)38-29(31)39-24/h3-4,6-9,11,13,19-20,33,35H,1,5,10,12,14H2,2H3,(H,37,41)(H,42,43)(H4,30,31,34,38,39)/t19-,20-/m0/s1. The van der Waals surface area contributed by atoms with Crippen molar-refractivity contribution in [3.63, 3.8) is 0 Å². The van der Waals surface area contributed by atoms with Crippen LogP contribution in [0.5, 0.6) is 0 Å². The van der Waals surface area contributed by atoms with Gasteiger partial charge in [0.1, 0.15) is 12.1 Å². The van der Waals surface area contributed by atoms with Crippen LogP contribution in [0.2, 0.25) is 0 Å². The molecular formula is C29H31N11O7S2. The summed E-state index contributed by atoms with van der Waals surface area (Å²) in [5.74, 6) is -2.28. The molecule has 3 heterocycles. The number of nitrogens with one attached hydrogen (secondary N) is 5.